The van der Waals surface area contributed by atoms with E-state index in [0.717, 1.165) is 12.1 Å². The van der Waals surface area contributed by atoms with Crippen LogP contribution < -0.4 is 4.74 Å². The van der Waals surface area contributed by atoms with Crippen molar-refractivity contribution in [1.82, 2.24) is 15.4 Å². The first-order valence-corrected chi connectivity index (χ1v) is 8.36. The summed E-state index contributed by atoms with van der Waals surface area (Å²) < 4.78 is 44.3. The molecule has 3 rings (SSSR count). The average molecular weight is 384 g/mol. The molecule has 28 heavy (non-hydrogen) atoms. The second-order valence-corrected chi connectivity index (χ2v) is 5.79. The third-order valence-electron chi connectivity index (χ3n) is 3.91. The molecule has 0 aliphatic carbocycles. The standard InChI is InChI=1S/C20H15F3N4O/c1-2-28-18-9-8-15(19-17(12-24)25-27-26-19)11-14(18)7-6-13-4-3-5-16(10-13)20(21,22)23/h3-11H,2H2,1H3,(H,25,26,27)/b7-6+. The van der Waals surface area contributed by atoms with E-state index < -0.39 is 11.7 Å². The van der Waals surface area contributed by atoms with Crippen molar-refractivity contribution in [3.63, 3.8) is 0 Å². The van der Waals surface area contributed by atoms with Crippen molar-refractivity contribution in [2.75, 3.05) is 6.61 Å². The molecule has 8 heteroatoms. The SMILES string of the molecule is CCOc1ccc(-c2nn[nH]c2C#N)cc1/C=C/c1cccc(C(F)(F)F)c1. The summed E-state index contributed by atoms with van der Waals surface area (Å²) in [5.41, 5.74) is 1.58. The van der Waals surface area contributed by atoms with E-state index in [9.17, 15) is 13.2 Å². The van der Waals surface area contributed by atoms with Gasteiger partial charge in [-0.3, -0.25) is 0 Å². The van der Waals surface area contributed by atoms with Gasteiger partial charge in [-0.15, -0.1) is 5.10 Å². The number of hydrogen-bond acceptors (Lipinski definition) is 4. The summed E-state index contributed by atoms with van der Waals surface area (Å²) in [5, 5.41) is 19.2. The van der Waals surface area contributed by atoms with Gasteiger partial charge in [0.05, 0.1) is 12.2 Å². The Kier molecular flexibility index (Phi) is 5.45. The van der Waals surface area contributed by atoms with Crippen molar-refractivity contribution >= 4 is 12.2 Å². The minimum atomic E-state index is -4.40. The molecule has 0 bridgehead atoms. The van der Waals surface area contributed by atoms with E-state index in [0.29, 0.717) is 34.7 Å². The summed E-state index contributed by atoms with van der Waals surface area (Å²) in [6.45, 7) is 2.26. The van der Waals surface area contributed by atoms with Gasteiger partial charge in [-0.2, -0.15) is 18.4 Å². The van der Waals surface area contributed by atoms with E-state index in [1.807, 2.05) is 13.0 Å². The van der Waals surface area contributed by atoms with Crippen LogP contribution in [0.2, 0.25) is 0 Å². The van der Waals surface area contributed by atoms with Crippen LogP contribution in [-0.2, 0) is 6.18 Å². The molecule has 0 aliphatic heterocycles. The largest absolute Gasteiger partial charge is 0.493 e. The summed E-state index contributed by atoms with van der Waals surface area (Å²) in [5.74, 6) is 0.566. The highest BCUT2D eigenvalue weighted by Gasteiger charge is 2.30. The molecule has 0 saturated heterocycles. The van der Waals surface area contributed by atoms with Crippen LogP contribution in [0.5, 0.6) is 5.75 Å². The highest BCUT2D eigenvalue weighted by atomic mass is 19.4. The Hall–Kier alpha value is -3.60. The number of nitrogens with one attached hydrogen (secondary N) is 1. The minimum absolute atomic E-state index is 0.219. The smallest absolute Gasteiger partial charge is 0.416 e. The molecule has 1 heterocycles. The Morgan fingerprint density at radius 1 is 1.18 bits per heavy atom. The zero-order chi connectivity index (χ0) is 20.1. The van der Waals surface area contributed by atoms with Gasteiger partial charge in [-0.25, -0.2) is 5.10 Å². The van der Waals surface area contributed by atoms with E-state index in [4.69, 9.17) is 10.00 Å². The monoisotopic (exact) mass is 384 g/mol. The lowest BCUT2D eigenvalue weighted by molar-refractivity contribution is -0.137. The molecular formula is C20H15F3N4O. The fraction of sp³-hybridized carbons (Fsp3) is 0.150. The fourth-order valence-electron chi connectivity index (χ4n) is 2.63. The highest BCUT2D eigenvalue weighted by Crippen LogP contribution is 2.31. The fourth-order valence-corrected chi connectivity index (χ4v) is 2.63. The van der Waals surface area contributed by atoms with Crippen LogP contribution in [-0.4, -0.2) is 22.0 Å². The topological polar surface area (TPSA) is 74.6 Å². The van der Waals surface area contributed by atoms with Gasteiger partial charge in [0.1, 0.15) is 17.5 Å². The number of ether oxygens (including phenoxy) is 1. The Bertz CT molecular complexity index is 1050. The molecule has 0 unspecified atom stereocenters. The predicted molar refractivity (Wildman–Crippen MR) is 98.1 cm³/mol. The molecule has 1 N–H and O–H groups in total. The molecule has 3 aromatic rings. The van der Waals surface area contributed by atoms with Crippen molar-refractivity contribution in [3.05, 3.63) is 64.8 Å². The number of rotatable bonds is 5. The summed E-state index contributed by atoms with van der Waals surface area (Å²) >= 11 is 0. The van der Waals surface area contributed by atoms with Crippen molar-refractivity contribution in [1.29, 1.82) is 5.26 Å². The number of H-pyrrole nitrogens is 1. The average Bonchev–Trinajstić information content (AvgIpc) is 3.16. The van der Waals surface area contributed by atoms with E-state index in [2.05, 4.69) is 15.4 Å². The number of hydrogen-bond donors (Lipinski definition) is 1. The summed E-state index contributed by atoms with van der Waals surface area (Å²) in [6, 6.07) is 12.2. The number of halogens is 3. The molecule has 0 atom stereocenters. The second kappa shape index (κ2) is 7.96. The van der Waals surface area contributed by atoms with Gasteiger partial charge in [-0.05, 0) is 42.8 Å². The Morgan fingerprint density at radius 2 is 2.00 bits per heavy atom. The van der Waals surface area contributed by atoms with Gasteiger partial charge in [0.2, 0.25) is 0 Å². The lowest BCUT2D eigenvalue weighted by atomic mass is 10.0. The molecule has 0 amide bonds. The zero-order valence-corrected chi connectivity index (χ0v) is 14.8. The van der Waals surface area contributed by atoms with Crippen LogP contribution in [0.15, 0.2) is 42.5 Å². The van der Waals surface area contributed by atoms with Crippen molar-refractivity contribution in [2.45, 2.75) is 13.1 Å². The van der Waals surface area contributed by atoms with Crippen LogP contribution in [0.3, 0.4) is 0 Å². The van der Waals surface area contributed by atoms with Gasteiger partial charge in [0.15, 0.2) is 5.69 Å². The van der Waals surface area contributed by atoms with Gasteiger partial charge in [0.25, 0.3) is 0 Å². The predicted octanol–water partition coefficient (Wildman–Crippen LogP) is 4.93. The molecule has 142 valence electrons. The highest BCUT2D eigenvalue weighted by molar-refractivity contribution is 5.77. The zero-order valence-electron chi connectivity index (χ0n) is 14.8. The molecular weight excluding hydrogens is 369 g/mol. The van der Waals surface area contributed by atoms with Gasteiger partial charge >= 0.3 is 6.18 Å². The van der Waals surface area contributed by atoms with E-state index in [-0.39, 0.29) is 5.69 Å². The number of nitrogens with zero attached hydrogens (tertiary/aromatic N) is 3. The molecule has 0 fully saturated rings. The Labute approximate surface area is 159 Å². The molecule has 0 spiro atoms. The number of alkyl halides is 3. The molecule has 1 aromatic heterocycles. The summed E-state index contributed by atoms with van der Waals surface area (Å²) in [7, 11) is 0. The number of aromatic amines is 1. The van der Waals surface area contributed by atoms with Crippen LogP contribution in [0, 0.1) is 11.3 Å². The van der Waals surface area contributed by atoms with Crippen molar-refractivity contribution in [2.24, 2.45) is 0 Å². The molecule has 0 saturated carbocycles. The van der Waals surface area contributed by atoms with Crippen LogP contribution in [0.4, 0.5) is 13.2 Å². The number of aromatic nitrogens is 3. The number of nitriles is 1. The van der Waals surface area contributed by atoms with E-state index in [1.165, 1.54) is 6.07 Å². The minimum Gasteiger partial charge on any atom is -0.493 e. The van der Waals surface area contributed by atoms with E-state index in [1.54, 1.807) is 36.4 Å². The first-order chi connectivity index (χ1) is 13.4. The lowest BCUT2D eigenvalue weighted by Gasteiger charge is -2.09. The first kappa shape index (κ1) is 19.2. The first-order valence-electron chi connectivity index (χ1n) is 8.36. The van der Waals surface area contributed by atoms with E-state index >= 15 is 0 Å². The maximum Gasteiger partial charge on any atom is 0.416 e. The second-order valence-electron chi connectivity index (χ2n) is 5.79. The number of benzene rings is 2. The van der Waals surface area contributed by atoms with Crippen LogP contribution >= 0.6 is 0 Å². The summed E-state index contributed by atoms with van der Waals surface area (Å²) in [6.07, 6.45) is -1.16. The molecule has 0 aliphatic rings. The van der Waals surface area contributed by atoms with Gasteiger partial charge in [-0.1, -0.05) is 29.5 Å². The molecule has 0 radical (unpaired) electrons. The Balaban J connectivity index is 1.99. The molecule has 2 aromatic carbocycles. The maximum atomic E-state index is 12.9. The molecule has 5 nitrogen and oxygen atoms in total. The lowest BCUT2D eigenvalue weighted by Crippen LogP contribution is -2.04. The third-order valence-corrected chi connectivity index (χ3v) is 3.91. The van der Waals surface area contributed by atoms with Gasteiger partial charge in [0, 0.05) is 11.1 Å². The van der Waals surface area contributed by atoms with Crippen molar-refractivity contribution < 1.29 is 17.9 Å². The van der Waals surface area contributed by atoms with Gasteiger partial charge < -0.3 is 4.74 Å². The van der Waals surface area contributed by atoms with Crippen LogP contribution in [0.1, 0.15) is 29.3 Å². The maximum absolute atomic E-state index is 12.9. The third kappa shape index (κ3) is 4.20. The quantitative estimate of drug-likeness (QED) is 0.633. The van der Waals surface area contributed by atoms with Crippen molar-refractivity contribution in [3.8, 4) is 23.1 Å². The summed E-state index contributed by atoms with van der Waals surface area (Å²) in [4.78, 5) is 0. The normalized spacial score (nSPS) is 11.5. The Morgan fingerprint density at radius 3 is 2.71 bits per heavy atom. The van der Waals surface area contributed by atoms with Crippen LogP contribution in [0.25, 0.3) is 23.4 Å².